The Kier molecular flexibility index (Phi) is 5.90. The van der Waals surface area contributed by atoms with Crippen LogP contribution in [0.15, 0.2) is 53.7 Å². The Hall–Kier alpha value is -2.98. The molecule has 10 heteroatoms. The molecule has 2 aromatic rings. The molecule has 1 aliphatic rings. The molecule has 3 rings (SSSR count). The smallest absolute Gasteiger partial charge is 0.339 e. The van der Waals surface area contributed by atoms with E-state index in [1.807, 2.05) is 0 Å². The summed E-state index contributed by atoms with van der Waals surface area (Å²) < 4.78 is 32.0. The number of nitrogens with zero attached hydrogens (tertiary/aromatic N) is 2. The Balaban J connectivity index is 1.60. The minimum absolute atomic E-state index is 0.0967. The highest BCUT2D eigenvalue weighted by molar-refractivity contribution is 7.89. The van der Waals surface area contributed by atoms with Crippen LogP contribution in [0.3, 0.4) is 0 Å². The average Bonchev–Trinajstić information content (AvgIpc) is 3.22. The van der Waals surface area contributed by atoms with E-state index in [4.69, 9.17) is 4.74 Å². The minimum atomic E-state index is -3.59. The summed E-state index contributed by atoms with van der Waals surface area (Å²) in [5.41, 5.74) is 0.423. The van der Waals surface area contributed by atoms with Gasteiger partial charge in [-0.2, -0.15) is 9.04 Å². The molecule has 1 N–H and O–H groups in total. The van der Waals surface area contributed by atoms with Crippen LogP contribution in [0, 0.1) is 5.21 Å². The van der Waals surface area contributed by atoms with Gasteiger partial charge in [-0.1, -0.05) is 6.07 Å². The number of esters is 1. The van der Waals surface area contributed by atoms with Crippen molar-refractivity contribution in [2.24, 2.45) is 0 Å². The first-order chi connectivity index (χ1) is 13.4. The van der Waals surface area contributed by atoms with Crippen LogP contribution < -0.4 is 10.0 Å². The third kappa shape index (κ3) is 4.65. The van der Waals surface area contributed by atoms with Crippen molar-refractivity contribution in [2.75, 3.05) is 25.0 Å². The molecule has 1 aromatic carbocycles. The molecule has 148 valence electrons. The van der Waals surface area contributed by atoms with Gasteiger partial charge >= 0.3 is 5.97 Å². The number of anilines is 1. The molecule has 0 saturated carbocycles. The summed E-state index contributed by atoms with van der Waals surface area (Å²) in [5, 5.41) is 13.5. The van der Waals surface area contributed by atoms with Gasteiger partial charge in [0.15, 0.2) is 19.0 Å². The first-order valence-corrected chi connectivity index (χ1v) is 10.1. The van der Waals surface area contributed by atoms with Crippen LogP contribution in [0.2, 0.25) is 0 Å². The predicted molar refractivity (Wildman–Crippen MR) is 98.7 cm³/mol. The second-order valence-corrected chi connectivity index (χ2v) is 8.15. The van der Waals surface area contributed by atoms with Crippen molar-refractivity contribution in [2.45, 2.75) is 17.7 Å². The highest BCUT2D eigenvalue weighted by Crippen LogP contribution is 2.23. The van der Waals surface area contributed by atoms with E-state index >= 15 is 0 Å². The van der Waals surface area contributed by atoms with Gasteiger partial charge in [-0.15, -0.1) is 0 Å². The lowest BCUT2D eigenvalue weighted by molar-refractivity contribution is -0.605. The zero-order valence-corrected chi connectivity index (χ0v) is 15.7. The Morgan fingerprint density at radius 1 is 1.14 bits per heavy atom. The van der Waals surface area contributed by atoms with E-state index in [9.17, 15) is 23.2 Å². The molecule has 0 atom stereocenters. The Bertz CT molecular complexity index is 969. The fraction of sp³-hybridized carbons (Fsp3) is 0.278. The number of amides is 1. The maximum Gasteiger partial charge on any atom is 0.339 e. The molecular formula is C18H19N3O6S. The van der Waals surface area contributed by atoms with E-state index in [0.717, 1.165) is 25.2 Å². The SMILES string of the molecule is O=C(COC(=O)c1cc[n+]([O-])cc1)Nc1cccc(S(=O)(=O)N2CCCC2)c1. The number of nitrogens with one attached hydrogen (secondary N) is 1. The highest BCUT2D eigenvalue weighted by atomic mass is 32.2. The van der Waals surface area contributed by atoms with Crippen molar-refractivity contribution < 1.29 is 27.5 Å². The number of sulfonamides is 1. The summed E-state index contributed by atoms with van der Waals surface area (Å²) in [6.45, 7) is 0.426. The molecule has 9 nitrogen and oxygen atoms in total. The molecule has 1 fully saturated rings. The van der Waals surface area contributed by atoms with Gasteiger partial charge in [0.2, 0.25) is 10.0 Å². The third-order valence-corrected chi connectivity index (χ3v) is 6.09. The molecule has 2 heterocycles. The van der Waals surface area contributed by atoms with E-state index in [-0.39, 0.29) is 16.1 Å². The maximum absolute atomic E-state index is 12.6. The second kappa shape index (κ2) is 8.36. The first-order valence-electron chi connectivity index (χ1n) is 8.62. The van der Waals surface area contributed by atoms with E-state index in [2.05, 4.69) is 5.32 Å². The zero-order chi connectivity index (χ0) is 20.1. The number of carbonyl (C=O) groups is 2. The van der Waals surface area contributed by atoms with Crippen LogP contribution in [-0.2, 0) is 19.6 Å². The van der Waals surface area contributed by atoms with Crippen molar-refractivity contribution in [3.63, 3.8) is 0 Å². The van der Waals surface area contributed by atoms with Gasteiger partial charge in [0, 0.05) is 30.9 Å². The average molecular weight is 405 g/mol. The van der Waals surface area contributed by atoms with Crippen molar-refractivity contribution in [3.05, 3.63) is 59.6 Å². The molecule has 1 aliphatic heterocycles. The van der Waals surface area contributed by atoms with Gasteiger partial charge in [-0.25, -0.2) is 13.2 Å². The molecule has 0 radical (unpaired) electrons. The molecule has 1 amide bonds. The van der Waals surface area contributed by atoms with Gasteiger partial charge in [0.25, 0.3) is 5.91 Å². The van der Waals surface area contributed by atoms with Gasteiger partial charge in [0.1, 0.15) is 0 Å². The van der Waals surface area contributed by atoms with Gasteiger partial charge in [-0.3, -0.25) is 4.79 Å². The van der Waals surface area contributed by atoms with Gasteiger partial charge in [-0.05, 0) is 31.0 Å². The molecule has 0 aliphatic carbocycles. The number of pyridine rings is 1. The zero-order valence-electron chi connectivity index (χ0n) is 14.9. The molecule has 0 unspecified atom stereocenters. The fourth-order valence-corrected chi connectivity index (χ4v) is 4.34. The fourth-order valence-electron chi connectivity index (χ4n) is 2.77. The topological polar surface area (TPSA) is 120 Å². The molecule has 0 spiro atoms. The van der Waals surface area contributed by atoms with Crippen molar-refractivity contribution >= 4 is 27.6 Å². The van der Waals surface area contributed by atoms with Gasteiger partial charge in [0.05, 0.1) is 10.5 Å². The lowest BCUT2D eigenvalue weighted by Crippen LogP contribution is -2.28. The Morgan fingerprint density at radius 3 is 2.50 bits per heavy atom. The first kappa shape index (κ1) is 19.8. The largest absolute Gasteiger partial charge is 0.619 e. The number of rotatable bonds is 6. The van der Waals surface area contributed by atoms with E-state index in [1.54, 1.807) is 6.07 Å². The third-order valence-electron chi connectivity index (χ3n) is 4.19. The van der Waals surface area contributed by atoms with E-state index < -0.39 is 28.5 Å². The Labute approximate surface area is 162 Å². The number of benzene rings is 1. The van der Waals surface area contributed by atoms with Crippen molar-refractivity contribution in [1.29, 1.82) is 0 Å². The number of aromatic nitrogens is 1. The summed E-state index contributed by atoms with van der Waals surface area (Å²) >= 11 is 0. The quantitative estimate of drug-likeness (QED) is 0.433. The van der Waals surface area contributed by atoms with Crippen LogP contribution in [0.4, 0.5) is 5.69 Å². The summed E-state index contributed by atoms with van der Waals surface area (Å²) in [7, 11) is -3.59. The Morgan fingerprint density at radius 2 is 1.82 bits per heavy atom. The maximum atomic E-state index is 12.6. The van der Waals surface area contributed by atoms with Crippen LogP contribution in [-0.4, -0.2) is 44.3 Å². The summed E-state index contributed by atoms with van der Waals surface area (Å²) in [6, 6.07) is 8.48. The monoisotopic (exact) mass is 405 g/mol. The summed E-state index contributed by atoms with van der Waals surface area (Å²) in [6.07, 6.45) is 3.94. The summed E-state index contributed by atoms with van der Waals surface area (Å²) in [4.78, 5) is 24.0. The molecular weight excluding hydrogens is 386 g/mol. The molecule has 28 heavy (non-hydrogen) atoms. The lowest BCUT2D eigenvalue weighted by atomic mass is 10.3. The van der Waals surface area contributed by atoms with Crippen LogP contribution in [0.5, 0.6) is 0 Å². The van der Waals surface area contributed by atoms with Crippen molar-refractivity contribution in [1.82, 2.24) is 4.31 Å². The standard InChI is InChI=1S/C18H19N3O6S/c22-17(13-27-18(23)14-6-10-20(24)11-7-14)19-15-4-3-5-16(12-15)28(25,26)21-8-1-2-9-21/h3-7,10-12H,1-2,8-9,13H2,(H,19,22). The van der Waals surface area contributed by atoms with Crippen LogP contribution in [0.1, 0.15) is 23.2 Å². The number of ether oxygens (including phenoxy) is 1. The molecule has 1 aromatic heterocycles. The summed E-state index contributed by atoms with van der Waals surface area (Å²) in [5.74, 6) is -1.36. The minimum Gasteiger partial charge on any atom is -0.619 e. The number of hydrogen-bond acceptors (Lipinski definition) is 6. The van der Waals surface area contributed by atoms with Crippen LogP contribution in [0.25, 0.3) is 0 Å². The number of carbonyl (C=O) groups excluding carboxylic acids is 2. The molecule has 0 bridgehead atoms. The molecule has 1 saturated heterocycles. The second-order valence-electron chi connectivity index (χ2n) is 6.21. The highest BCUT2D eigenvalue weighted by Gasteiger charge is 2.27. The normalized spacial score (nSPS) is 14.6. The van der Waals surface area contributed by atoms with E-state index in [1.165, 1.54) is 34.6 Å². The van der Waals surface area contributed by atoms with Crippen molar-refractivity contribution in [3.8, 4) is 0 Å². The predicted octanol–water partition coefficient (Wildman–Crippen LogP) is 0.900. The van der Waals surface area contributed by atoms with Crippen LogP contribution >= 0.6 is 0 Å². The van der Waals surface area contributed by atoms with E-state index in [0.29, 0.717) is 17.8 Å². The van der Waals surface area contributed by atoms with Gasteiger partial charge < -0.3 is 15.3 Å². The number of hydrogen-bond donors (Lipinski definition) is 1. The lowest BCUT2D eigenvalue weighted by Gasteiger charge is -2.16.